The number of methoxy groups -OCH3 is 1. The van der Waals surface area contributed by atoms with E-state index in [0.29, 0.717) is 0 Å². The summed E-state index contributed by atoms with van der Waals surface area (Å²) in [6, 6.07) is 8.50. The smallest absolute Gasteiger partial charge is 0.407 e. The van der Waals surface area contributed by atoms with Gasteiger partial charge in [-0.15, -0.1) is 0 Å². The molecule has 2 N–H and O–H groups in total. The normalized spacial score (nSPS) is 11.3. The third-order valence-corrected chi connectivity index (χ3v) is 4.63. The molecule has 0 saturated heterocycles. The lowest BCUT2D eigenvalue weighted by molar-refractivity contribution is -0.148. The summed E-state index contributed by atoms with van der Waals surface area (Å²) in [6.45, 7) is 2.42. The number of hydrogen-bond acceptors (Lipinski definition) is 7. The minimum absolute atomic E-state index is 0.00406. The number of hydrogen-bond donors (Lipinski definition) is 2. The maximum Gasteiger partial charge on any atom is 0.407 e. The zero-order chi connectivity index (χ0) is 23.7. The molecule has 0 aliphatic heterocycles. The molecule has 1 aromatic carbocycles. The molecule has 0 aliphatic carbocycles. The van der Waals surface area contributed by atoms with E-state index in [4.69, 9.17) is 4.74 Å². The monoisotopic (exact) mass is 446 g/mol. The van der Waals surface area contributed by atoms with Crippen molar-refractivity contribution in [1.29, 1.82) is 0 Å². The second-order valence-electron chi connectivity index (χ2n) is 7.09. The molecule has 2 aromatic rings. The molecule has 1 heterocycles. The molecule has 172 valence electrons. The van der Waals surface area contributed by atoms with Gasteiger partial charge in [-0.25, -0.2) is 9.59 Å². The van der Waals surface area contributed by atoms with E-state index in [0.717, 1.165) is 10.1 Å². The van der Waals surface area contributed by atoms with Gasteiger partial charge in [0.15, 0.2) is 0 Å². The fourth-order valence-electron chi connectivity index (χ4n) is 2.78. The van der Waals surface area contributed by atoms with E-state index in [9.17, 15) is 24.0 Å². The molecule has 0 spiro atoms. The number of carbonyl (C=O) groups is 3. The number of aromatic amines is 1. The average molecular weight is 446 g/mol. The van der Waals surface area contributed by atoms with Gasteiger partial charge in [0.05, 0.1) is 7.11 Å². The average Bonchev–Trinajstić information content (AvgIpc) is 2.78. The minimum Gasteiger partial charge on any atom is -0.468 e. The first-order valence-corrected chi connectivity index (χ1v) is 9.82. The predicted molar refractivity (Wildman–Crippen MR) is 114 cm³/mol. The Bertz CT molecular complexity index is 1060. The Morgan fingerprint density at radius 2 is 1.88 bits per heavy atom. The van der Waals surface area contributed by atoms with Gasteiger partial charge in [0.2, 0.25) is 5.91 Å². The lowest BCUT2D eigenvalue weighted by atomic mass is 10.2. The first kappa shape index (κ1) is 24.4. The number of alkyl carbamates (subject to hydrolysis) is 1. The number of aromatic nitrogens is 2. The van der Waals surface area contributed by atoms with Crippen LogP contribution in [-0.4, -0.2) is 58.7 Å². The van der Waals surface area contributed by atoms with Crippen LogP contribution >= 0.6 is 0 Å². The van der Waals surface area contributed by atoms with Crippen LogP contribution in [-0.2, 0) is 32.2 Å². The number of benzene rings is 1. The number of H-pyrrole nitrogens is 1. The third-order valence-electron chi connectivity index (χ3n) is 4.63. The highest BCUT2D eigenvalue weighted by molar-refractivity contribution is 5.82. The highest BCUT2D eigenvalue weighted by Crippen LogP contribution is 2.04. The summed E-state index contributed by atoms with van der Waals surface area (Å²) in [5.41, 5.74) is -0.216. The molecule has 2 rings (SSSR count). The minimum atomic E-state index is -0.748. The van der Waals surface area contributed by atoms with Crippen molar-refractivity contribution in [2.24, 2.45) is 0 Å². The summed E-state index contributed by atoms with van der Waals surface area (Å²) in [5.74, 6) is -1.24. The zero-order valence-electron chi connectivity index (χ0n) is 18.1. The van der Waals surface area contributed by atoms with Crippen molar-refractivity contribution < 1.29 is 23.9 Å². The Balaban J connectivity index is 2.01. The number of esters is 1. The maximum atomic E-state index is 12.8. The molecule has 0 aliphatic rings. The Morgan fingerprint density at radius 1 is 1.19 bits per heavy atom. The number of ether oxygens (including phenoxy) is 2. The third kappa shape index (κ3) is 7.11. The van der Waals surface area contributed by atoms with Crippen molar-refractivity contribution in [3.8, 4) is 0 Å². The van der Waals surface area contributed by atoms with E-state index in [1.54, 1.807) is 6.92 Å². The molecule has 1 aromatic heterocycles. The van der Waals surface area contributed by atoms with Crippen LogP contribution < -0.4 is 16.6 Å². The molecule has 0 radical (unpaired) electrons. The number of carbonyl (C=O) groups excluding carboxylic acids is 3. The summed E-state index contributed by atoms with van der Waals surface area (Å²) in [4.78, 5) is 63.4. The van der Waals surface area contributed by atoms with Crippen molar-refractivity contribution in [1.82, 2.24) is 19.8 Å². The molecular weight excluding hydrogens is 420 g/mol. The zero-order valence-corrected chi connectivity index (χ0v) is 18.1. The van der Waals surface area contributed by atoms with Crippen molar-refractivity contribution in [3.63, 3.8) is 0 Å². The fourth-order valence-corrected chi connectivity index (χ4v) is 2.78. The number of aryl methyl sites for hydroxylation is 1. The maximum absolute atomic E-state index is 12.8. The van der Waals surface area contributed by atoms with Gasteiger partial charge in [-0.1, -0.05) is 30.3 Å². The van der Waals surface area contributed by atoms with Crippen molar-refractivity contribution >= 4 is 18.0 Å². The number of nitrogens with zero attached hydrogens (tertiary/aromatic N) is 2. The first-order chi connectivity index (χ1) is 15.2. The van der Waals surface area contributed by atoms with Crippen LogP contribution in [0.5, 0.6) is 0 Å². The molecule has 11 nitrogen and oxygen atoms in total. The van der Waals surface area contributed by atoms with Crippen LogP contribution in [0.3, 0.4) is 0 Å². The lowest BCUT2D eigenvalue weighted by Crippen LogP contribution is -2.49. The van der Waals surface area contributed by atoms with Crippen LogP contribution in [0.15, 0.2) is 46.1 Å². The molecular formula is C21H26N4O7. The lowest BCUT2D eigenvalue weighted by Gasteiger charge is -2.28. The number of amides is 2. The van der Waals surface area contributed by atoms with Gasteiger partial charge in [0.25, 0.3) is 5.56 Å². The molecule has 11 heteroatoms. The van der Waals surface area contributed by atoms with E-state index in [2.05, 4.69) is 15.0 Å². The van der Waals surface area contributed by atoms with Crippen LogP contribution in [0, 0.1) is 6.92 Å². The van der Waals surface area contributed by atoms with Crippen molar-refractivity contribution in [2.45, 2.75) is 33.0 Å². The Morgan fingerprint density at radius 3 is 2.53 bits per heavy atom. The van der Waals surface area contributed by atoms with Crippen LogP contribution in [0.2, 0.25) is 0 Å². The van der Waals surface area contributed by atoms with Gasteiger partial charge in [-0.2, -0.15) is 0 Å². The van der Waals surface area contributed by atoms with E-state index < -0.39 is 41.8 Å². The van der Waals surface area contributed by atoms with Crippen LogP contribution in [0.25, 0.3) is 0 Å². The van der Waals surface area contributed by atoms with Crippen molar-refractivity contribution in [3.05, 3.63) is 68.5 Å². The van der Waals surface area contributed by atoms with Crippen molar-refractivity contribution in [2.75, 3.05) is 20.2 Å². The van der Waals surface area contributed by atoms with E-state index in [1.165, 1.54) is 25.1 Å². The van der Waals surface area contributed by atoms with Gasteiger partial charge >= 0.3 is 17.8 Å². The van der Waals surface area contributed by atoms with Gasteiger partial charge in [0, 0.05) is 24.3 Å². The molecule has 1 atom stereocenters. The Labute approximate surface area is 183 Å². The second kappa shape index (κ2) is 11.5. The summed E-state index contributed by atoms with van der Waals surface area (Å²) in [6.07, 6.45) is 0.581. The second-order valence-corrected chi connectivity index (χ2v) is 7.09. The molecule has 0 bridgehead atoms. The molecule has 32 heavy (non-hydrogen) atoms. The molecule has 0 fully saturated rings. The van der Waals surface area contributed by atoms with E-state index in [1.807, 2.05) is 30.3 Å². The number of rotatable bonds is 9. The Hall–Kier alpha value is -3.89. The van der Waals surface area contributed by atoms with Crippen LogP contribution in [0.1, 0.15) is 18.1 Å². The summed E-state index contributed by atoms with van der Waals surface area (Å²) in [5, 5.41) is 2.55. The first-order valence-electron chi connectivity index (χ1n) is 9.82. The standard InChI is InChI=1S/C21H26N4O7/c1-14-10-24(20(29)23-19(14)28)11-17(26)25(12-18(27)31-3)15(2)9-22-21(30)32-13-16-7-5-4-6-8-16/h4-8,10,15H,9,11-13H2,1-3H3,(H,22,30)(H,23,28,29)/t15-/m0/s1. The van der Waals surface area contributed by atoms with Gasteiger partial charge in [0.1, 0.15) is 19.7 Å². The van der Waals surface area contributed by atoms with Gasteiger partial charge in [-0.05, 0) is 19.4 Å². The predicted octanol–water partition coefficient (Wildman–Crippen LogP) is 0.162. The largest absolute Gasteiger partial charge is 0.468 e. The summed E-state index contributed by atoms with van der Waals surface area (Å²) >= 11 is 0. The molecule has 0 saturated carbocycles. The highest BCUT2D eigenvalue weighted by atomic mass is 16.5. The van der Waals surface area contributed by atoms with E-state index in [-0.39, 0.29) is 25.3 Å². The van der Waals surface area contributed by atoms with Crippen LogP contribution in [0.4, 0.5) is 4.79 Å². The SMILES string of the molecule is COC(=O)CN(C(=O)Cn1cc(C)c(=O)[nH]c1=O)[C@@H](C)CNC(=O)OCc1ccccc1. The quantitative estimate of drug-likeness (QED) is 0.523. The molecule has 2 amide bonds. The Kier molecular flexibility index (Phi) is 8.75. The van der Waals surface area contributed by atoms with E-state index >= 15 is 0 Å². The number of nitrogens with one attached hydrogen (secondary N) is 2. The highest BCUT2D eigenvalue weighted by Gasteiger charge is 2.24. The van der Waals surface area contributed by atoms with Gasteiger partial charge in [-0.3, -0.25) is 23.9 Å². The summed E-state index contributed by atoms with van der Waals surface area (Å²) in [7, 11) is 1.19. The molecule has 0 unspecified atom stereocenters. The van der Waals surface area contributed by atoms with Gasteiger partial charge < -0.3 is 19.7 Å². The topological polar surface area (TPSA) is 140 Å². The fraction of sp³-hybridized carbons (Fsp3) is 0.381. The summed E-state index contributed by atoms with van der Waals surface area (Å²) < 4.78 is 10.8.